The van der Waals surface area contributed by atoms with Crippen LogP contribution in [0.2, 0.25) is 19.6 Å². The van der Waals surface area contributed by atoms with Gasteiger partial charge < -0.3 is 9.47 Å². The Labute approximate surface area is 108 Å². The lowest BCUT2D eigenvalue weighted by Crippen LogP contribution is -2.24. The first-order chi connectivity index (χ1) is 8.33. The summed E-state index contributed by atoms with van der Waals surface area (Å²) < 4.78 is 10.4. The van der Waals surface area contributed by atoms with Crippen molar-refractivity contribution in [2.24, 2.45) is 11.8 Å². The number of hydrogen-bond donors (Lipinski definition) is 0. The fourth-order valence-electron chi connectivity index (χ4n) is 2.31. The molecule has 0 aromatic carbocycles. The van der Waals surface area contributed by atoms with Crippen molar-refractivity contribution in [1.82, 2.24) is 0 Å². The van der Waals surface area contributed by atoms with Crippen molar-refractivity contribution < 1.29 is 19.1 Å². The molecule has 2 rings (SSSR count). The highest BCUT2D eigenvalue weighted by atomic mass is 28.3. The Morgan fingerprint density at radius 1 is 1.11 bits per heavy atom. The van der Waals surface area contributed by atoms with Crippen LogP contribution in [0, 0.1) is 11.8 Å². The van der Waals surface area contributed by atoms with E-state index in [1.165, 1.54) is 0 Å². The molecular formula is C13H18O4Si. The third-order valence-corrected chi connectivity index (χ3v) is 4.37. The van der Waals surface area contributed by atoms with Gasteiger partial charge in [-0.25, -0.2) is 0 Å². The van der Waals surface area contributed by atoms with Gasteiger partial charge in [-0.15, -0.1) is 6.58 Å². The number of ether oxygens (including phenoxy) is 2. The summed E-state index contributed by atoms with van der Waals surface area (Å²) in [4.78, 5) is 23.3. The first kappa shape index (κ1) is 13.2. The second-order valence-electron chi connectivity index (χ2n) is 5.82. The van der Waals surface area contributed by atoms with Crippen molar-refractivity contribution >= 4 is 20.0 Å². The van der Waals surface area contributed by atoms with Gasteiger partial charge in [0, 0.05) is 0 Å². The van der Waals surface area contributed by atoms with E-state index in [9.17, 15) is 9.59 Å². The van der Waals surface area contributed by atoms with Crippen LogP contribution in [-0.2, 0) is 19.1 Å². The first-order valence-corrected chi connectivity index (χ1v) is 9.64. The molecule has 0 radical (unpaired) electrons. The van der Waals surface area contributed by atoms with E-state index in [4.69, 9.17) is 9.47 Å². The van der Waals surface area contributed by atoms with E-state index >= 15 is 0 Å². The smallest absolute Gasteiger partial charge is 0.320 e. The second kappa shape index (κ2) is 4.48. The maximum absolute atomic E-state index is 11.7. The molecule has 2 saturated heterocycles. The Balaban J connectivity index is 2.24. The topological polar surface area (TPSA) is 52.6 Å². The van der Waals surface area contributed by atoms with E-state index in [1.54, 1.807) is 6.08 Å². The summed E-state index contributed by atoms with van der Waals surface area (Å²) in [6.45, 7) is 10.2. The van der Waals surface area contributed by atoms with Gasteiger partial charge in [0.1, 0.15) is 11.8 Å². The summed E-state index contributed by atoms with van der Waals surface area (Å²) in [7, 11) is -1.36. The highest BCUT2D eigenvalue weighted by Gasteiger charge is 2.57. The van der Waals surface area contributed by atoms with Crippen LogP contribution in [0.3, 0.4) is 0 Å². The van der Waals surface area contributed by atoms with Crippen molar-refractivity contribution in [3.8, 4) is 0 Å². The molecule has 0 bridgehead atoms. The van der Waals surface area contributed by atoms with Gasteiger partial charge in [0.15, 0.2) is 0 Å². The largest absolute Gasteiger partial charge is 0.393 e. The Hall–Kier alpha value is -1.20. The summed E-state index contributed by atoms with van der Waals surface area (Å²) in [5, 5.41) is 0. The third kappa shape index (κ3) is 2.33. The van der Waals surface area contributed by atoms with Gasteiger partial charge in [-0.3, -0.25) is 9.59 Å². The van der Waals surface area contributed by atoms with Crippen LogP contribution in [0.25, 0.3) is 0 Å². The molecule has 0 aromatic heterocycles. The van der Waals surface area contributed by atoms with E-state index in [1.807, 2.05) is 6.08 Å². The second-order valence-corrected chi connectivity index (χ2v) is 10.9. The minimum absolute atomic E-state index is 0.372. The first-order valence-electron chi connectivity index (χ1n) is 6.06. The zero-order chi connectivity index (χ0) is 13.5. The number of cyclic esters (lactones) is 2. The molecule has 0 aliphatic carbocycles. The molecule has 4 nitrogen and oxygen atoms in total. The number of carbonyl (C=O) groups is 2. The normalized spacial score (nSPS) is 35.9. The zero-order valence-corrected chi connectivity index (χ0v) is 11.9. The third-order valence-electron chi connectivity index (χ3n) is 3.17. The lowest BCUT2D eigenvalue weighted by Gasteiger charge is -2.14. The van der Waals surface area contributed by atoms with Gasteiger partial charge in [-0.2, -0.15) is 0 Å². The number of fused-ring (bicyclic) bond motifs is 1. The monoisotopic (exact) mass is 266 g/mol. The van der Waals surface area contributed by atoms with Crippen LogP contribution >= 0.6 is 0 Å². The van der Waals surface area contributed by atoms with E-state index < -0.39 is 38.0 Å². The molecule has 4 unspecified atom stereocenters. The van der Waals surface area contributed by atoms with Crippen LogP contribution in [0.15, 0.2) is 24.4 Å². The number of esters is 2. The quantitative estimate of drug-likeness (QED) is 0.337. The standard InChI is InChI=1S/C13H18O4Si/c1-5-8-10-11(13(15)17-12(10)14)9(16-8)6-7-18(2,3)4/h5-11H,1H2,2-4H3/b7-6+. The van der Waals surface area contributed by atoms with E-state index in [-0.39, 0.29) is 6.10 Å². The van der Waals surface area contributed by atoms with Crippen molar-refractivity contribution in [1.29, 1.82) is 0 Å². The fourth-order valence-corrected chi connectivity index (χ4v) is 3.07. The number of rotatable bonds is 3. The van der Waals surface area contributed by atoms with Crippen LogP contribution in [0.1, 0.15) is 0 Å². The molecule has 2 heterocycles. The summed E-state index contributed by atoms with van der Waals surface area (Å²) in [5.41, 5.74) is 2.12. The molecule has 4 atom stereocenters. The van der Waals surface area contributed by atoms with Gasteiger partial charge in [-0.05, 0) is 0 Å². The average molecular weight is 266 g/mol. The van der Waals surface area contributed by atoms with Gasteiger partial charge in [0.25, 0.3) is 0 Å². The molecule has 5 heteroatoms. The van der Waals surface area contributed by atoms with Gasteiger partial charge in [0.2, 0.25) is 0 Å². The SMILES string of the molecule is C=CC1OC(/C=C/[Si](C)(C)C)C2C(=O)OC(=O)C12. The summed E-state index contributed by atoms with van der Waals surface area (Å²) in [6, 6.07) is 0. The summed E-state index contributed by atoms with van der Waals surface area (Å²) in [5.74, 6) is -1.99. The van der Waals surface area contributed by atoms with Crippen LogP contribution in [-0.4, -0.2) is 32.2 Å². The Kier molecular flexibility index (Phi) is 3.29. The highest BCUT2D eigenvalue weighted by Crippen LogP contribution is 2.40. The maximum atomic E-state index is 11.7. The van der Waals surface area contributed by atoms with Crippen LogP contribution < -0.4 is 0 Å². The Bertz CT molecular complexity index is 421. The Morgan fingerprint density at radius 3 is 2.17 bits per heavy atom. The molecule has 2 aliphatic heterocycles. The fraction of sp³-hybridized carbons (Fsp3) is 0.538. The van der Waals surface area contributed by atoms with Gasteiger partial charge >= 0.3 is 11.9 Å². The van der Waals surface area contributed by atoms with Crippen molar-refractivity contribution in [2.45, 2.75) is 31.8 Å². The molecular weight excluding hydrogens is 248 g/mol. The van der Waals surface area contributed by atoms with Gasteiger partial charge in [-0.1, -0.05) is 37.5 Å². The maximum Gasteiger partial charge on any atom is 0.320 e. The predicted octanol–water partition coefficient (Wildman–Crippen LogP) is 1.69. The molecule has 0 aromatic rings. The summed E-state index contributed by atoms with van der Waals surface area (Å²) >= 11 is 0. The van der Waals surface area contributed by atoms with E-state index in [2.05, 4.69) is 31.9 Å². The molecule has 2 aliphatic rings. The van der Waals surface area contributed by atoms with E-state index in [0.717, 1.165) is 0 Å². The number of hydrogen-bond acceptors (Lipinski definition) is 4. The minimum atomic E-state index is -1.36. The molecule has 2 fully saturated rings. The molecule has 0 saturated carbocycles. The highest BCUT2D eigenvalue weighted by molar-refractivity contribution is 6.80. The molecule has 0 amide bonds. The van der Waals surface area contributed by atoms with Crippen molar-refractivity contribution in [3.05, 3.63) is 24.4 Å². The molecule has 18 heavy (non-hydrogen) atoms. The molecule has 98 valence electrons. The van der Waals surface area contributed by atoms with Crippen molar-refractivity contribution in [2.75, 3.05) is 0 Å². The number of carbonyl (C=O) groups excluding carboxylic acids is 2. The zero-order valence-electron chi connectivity index (χ0n) is 10.9. The minimum Gasteiger partial charge on any atom is -0.393 e. The molecule has 0 N–H and O–H groups in total. The average Bonchev–Trinajstić information content (AvgIpc) is 2.75. The van der Waals surface area contributed by atoms with E-state index in [0.29, 0.717) is 0 Å². The van der Waals surface area contributed by atoms with Crippen LogP contribution in [0.5, 0.6) is 0 Å². The van der Waals surface area contributed by atoms with Crippen molar-refractivity contribution in [3.63, 3.8) is 0 Å². The lowest BCUT2D eigenvalue weighted by atomic mass is 9.89. The Morgan fingerprint density at radius 2 is 1.67 bits per heavy atom. The molecule has 0 spiro atoms. The summed E-state index contributed by atoms with van der Waals surface area (Å²) in [6.07, 6.45) is 2.68. The lowest BCUT2D eigenvalue weighted by molar-refractivity contribution is -0.156. The van der Waals surface area contributed by atoms with Crippen LogP contribution in [0.4, 0.5) is 0 Å². The predicted molar refractivity (Wildman–Crippen MR) is 69.4 cm³/mol. The van der Waals surface area contributed by atoms with Gasteiger partial charge in [0.05, 0.1) is 20.3 Å².